The molecule has 2 fully saturated rings. The standard InChI is InChI=1S/C20H27FN2O2S/c1-12(2)8-18-19(24)22-15(11-26-3)10-23(18)20(25)17-9-16(17)13-4-6-14(21)7-5-13/h4-7,12,15-18H,8-11H2,1-3H3,(H,22,24). The van der Waals surface area contributed by atoms with Crippen LogP contribution in [0.1, 0.15) is 38.2 Å². The van der Waals surface area contributed by atoms with E-state index in [4.69, 9.17) is 0 Å². The van der Waals surface area contributed by atoms with Crippen LogP contribution in [0.15, 0.2) is 24.3 Å². The number of piperazine rings is 1. The van der Waals surface area contributed by atoms with E-state index in [1.165, 1.54) is 12.1 Å². The first-order valence-corrected chi connectivity index (χ1v) is 10.6. The van der Waals surface area contributed by atoms with Gasteiger partial charge in [-0.3, -0.25) is 9.59 Å². The Morgan fingerprint density at radius 1 is 1.35 bits per heavy atom. The van der Waals surface area contributed by atoms with Gasteiger partial charge in [-0.15, -0.1) is 0 Å². The molecule has 1 aliphatic heterocycles. The van der Waals surface area contributed by atoms with E-state index >= 15 is 0 Å². The van der Waals surface area contributed by atoms with Gasteiger partial charge >= 0.3 is 0 Å². The van der Waals surface area contributed by atoms with Gasteiger partial charge in [-0.2, -0.15) is 11.8 Å². The van der Waals surface area contributed by atoms with Gasteiger partial charge in [0.1, 0.15) is 11.9 Å². The van der Waals surface area contributed by atoms with Crippen molar-refractivity contribution < 1.29 is 14.0 Å². The van der Waals surface area contributed by atoms with Gasteiger partial charge in [0.15, 0.2) is 0 Å². The molecule has 1 aromatic rings. The second-order valence-electron chi connectivity index (χ2n) is 7.80. The lowest BCUT2D eigenvalue weighted by Gasteiger charge is -2.40. The molecule has 26 heavy (non-hydrogen) atoms. The third-order valence-corrected chi connectivity index (χ3v) is 5.93. The minimum atomic E-state index is -0.380. The lowest BCUT2D eigenvalue weighted by molar-refractivity contribution is -0.146. The molecule has 2 aliphatic rings. The van der Waals surface area contributed by atoms with Crippen LogP contribution >= 0.6 is 11.8 Å². The highest BCUT2D eigenvalue weighted by Crippen LogP contribution is 2.49. The Bertz CT molecular complexity index is 664. The summed E-state index contributed by atoms with van der Waals surface area (Å²) in [6.07, 6.45) is 3.46. The lowest BCUT2D eigenvalue weighted by Crippen LogP contribution is -2.62. The first kappa shape index (κ1) is 19.2. The van der Waals surface area contributed by atoms with Gasteiger partial charge in [0, 0.05) is 18.2 Å². The number of benzene rings is 1. The Balaban J connectivity index is 1.73. The zero-order valence-electron chi connectivity index (χ0n) is 15.6. The van der Waals surface area contributed by atoms with Crippen LogP contribution in [0.2, 0.25) is 0 Å². The van der Waals surface area contributed by atoms with Crippen molar-refractivity contribution in [2.45, 2.75) is 44.7 Å². The van der Waals surface area contributed by atoms with E-state index < -0.39 is 0 Å². The summed E-state index contributed by atoms with van der Waals surface area (Å²) in [7, 11) is 0. The molecule has 1 heterocycles. The Hall–Kier alpha value is -1.56. The molecule has 4 unspecified atom stereocenters. The molecule has 4 atom stereocenters. The minimum Gasteiger partial charge on any atom is -0.349 e. The first-order chi connectivity index (χ1) is 12.4. The van der Waals surface area contributed by atoms with Crippen LogP contribution in [0.25, 0.3) is 0 Å². The smallest absolute Gasteiger partial charge is 0.243 e. The number of nitrogens with zero attached hydrogens (tertiary/aromatic N) is 1. The van der Waals surface area contributed by atoms with E-state index in [-0.39, 0.29) is 41.6 Å². The maximum absolute atomic E-state index is 13.2. The van der Waals surface area contributed by atoms with Crippen molar-refractivity contribution >= 4 is 23.6 Å². The molecule has 2 amide bonds. The summed E-state index contributed by atoms with van der Waals surface area (Å²) in [5, 5.41) is 3.07. The molecule has 0 radical (unpaired) electrons. The van der Waals surface area contributed by atoms with E-state index in [2.05, 4.69) is 19.2 Å². The summed E-state index contributed by atoms with van der Waals surface area (Å²) in [5.41, 5.74) is 1.01. The van der Waals surface area contributed by atoms with Crippen LogP contribution in [0.5, 0.6) is 0 Å². The largest absolute Gasteiger partial charge is 0.349 e. The van der Waals surface area contributed by atoms with Crippen molar-refractivity contribution in [2.75, 3.05) is 18.6 Å². The summed E-state index contributed by atoms with van der Waals surface area (Å²) in [4.78, 5) is 27.6. The fourth-order valence-electron chi connectivity index (χ4n) is 3.83. The first-order valence-electron chi connectivity index (χ1n) is 9.26. The van der Waals surface area contributed by atoms with Crippen LogP contribution < -0.4 is 5.32 Å². The highest BCUT2D eigenvalue weighted by Gasteiger charge is 2.49. The lowest BCUT2D eigenvalue weighted by atomic mass is 9.97. The van der Waals surface area contributed by atoms with Crippen LogP contribution in [0, 0.1) is 17.7 Å². The molecule has 142 valence electrons. The number of thioether (sulfide) groups is 1. The number of nitrogens with one attached hydrogen (secondary N) is 1. The molecule has 0 aromatic heterocycles. The van der Waals surface area contributed by atoms with E-state index in [1.54, 1.807) is 23.9 Å². The number of hydrogen-bond donors (Lipinski definition) is 1. The van der Waals surface area contributed by atoms with Gasteiger partial charge in [0.25, 0.3) is 0 Å². The molecule has 1 aliphatic carbocycles. The minimum absolute atomic E-state index is 0.00730. The van der Waals surface area contributed by atoms with Gasteiger partial charge in [-0.1, -0.05) is 26.0 Å². The van der Waals surface area contributed by atoms with E-state index in [9.17, 15) is 14.0 Å². The Labute approximate surface area is 158 Å². The summed E-state index contributed by atoms with van der Waals surface area (Å²) in [6.45, 7) is 4.72. The average Bonchev–Trinajstić information content (AvgIpc) is 3.38. The number of amides is 2. The molecule has 0 spiro atoms. The summed E-state index contributed by atoms with van der Waals surface area (Å²) in [6, 6.07) is 6.04. The van der Waals surface area contributed by atoms with E-state index in [0.29, 0.717) is 18.9 Å². The average molecular weight is 379 g/mol. The highest BCUT2D eigenvalue weighted by atomic mass is 32.2. The van der Waals surface area contributed by atoms with E-state index in [1.807, 2.05) is 11.2 Å². The zero-order valence-corrected chi connectivity index (χ0v) is 16.4. The predicted molar refractivity (Wildman–Crippen MR) is 103 cm³/mol. The summed E-state index contributed by atoms with van der Waals surface area (Å²) in [5.74, 6) is 0.979. The van der Waals surface area contributed by atoms with Crippen molar-refractivity contribution in [3.05, 3.63) is 35.6 Å². The molecule has 1 N–H and O–H groups in total. The quantitative estimate of drug-likeness (QED) is 0.828. The monoisotopic (exact) mass is 378 g/mol. The van der Waals surface area contributed by atoms with Crippen molar-refractivity contribution in [2.24, 2.45) is 11.8 Å². The van der Waals surface area contributed by atoms with Gasteiger partial charge in [0.05, 0.1) is 6.04 Å². The third kappa shape index (κ3) is 4.22. The SMILES string of the molecule is CSCC1CN(C(=O)C2CC2c2ccc(F)cc2)C(CC(C)C)C(=O)N1. The Kier molecular flexibility index (Phi) is 5.90. The number of hydrogen-bond acceptors (Lipinski definition) is 3. The molecule has 3 rings (SSSR count). The van der Waals surface area contributed by atoms with Crippen molar-refractivity contribution in [1.29, 1.82) is 0 Å². The fraction of sp³-hybridized carbons (Fsp3) is 0.600. The van der Waals surface area contributed by atoms with Gasteiger partial charge in [-0.25, -0.2) is 4.39 Å². The summed E-state index contributed by atoms with van der Waals surface area (Å²) < 4.78 is 13.1. The molecular weight excluding hydrogens is 351 g/mol. The molecular formula is C20H27FN2O2S. The predicted octanol–water partition coefficient (Wildman–Crippen LogP) is 3.03. The highest BCUT2D eigenvalue weighted by molar-refractivity contribution is 7.98. The Morgan fingerprint density at radius 2 is 2.04 bits per heavy atom. The van der Waals surface area contributed by atoms with Crippen LogP contribution in [-0.2, 0) is 9.59 Å². The van der Waals surface area contributed by atoms with Crippen LogP contribution in [0.4, 0.5) is 4.39 Å². The topological polar surface area (TPSA) is 49.4 Å². The maximum atomic E-state index is 13.2. The normalized spacial score (nSPS) is 28.2. The number of carbonyl (C=O) groups is 2. The second kappa shape index (κ2) is 7.99. The molecule has 0 bridgehead atoms. The van der Waals surface area contributed by atoms with Crippen LogP contribution in [0.3, 0.4) is 0 Å². The van der Waals surface area contributed by atoms with Gasteiger partial charge < -0.3 is 10.2 Å². The van der Waals surface area contributed by atoms with Crippen molar-refractivity contribution in [3.63, 3.8) is 0 Å². The van der Waals surface area contributed by atoms with E-state index in [0.717, 1.165) is 17.7 Å². The number of halogens is 1. The van der Waals surface area contributed by atoms with Crippen molar-refractivity contribution in [1.82, 2.24) is 10.2 Å². The van der Waals surface area contributed by atoms with Gasteiger partial charge in [0.2, 0.25) is 11.8 Å². The fourth-order valence-corrected chi connectivity index (χ4v) is 4.42. The Morgan fingerprint density at radius 3 is 2.65 bits per heavy atom. The maximum Gasteiger partial charge on any atom is 0.243 e. The van der Waals surface area contributed by atoms with Crippen molar-refractivity contribution in [3.8, 4) is 0 Å². The third-order valence-electron chi connectivity index (χ3n) is 5.19. The molecule has 1 saturated carbocycles. The number of rotatable bonds is 6. The molecule has 1 aromatic carbocycles. The van der Waals surface area contributed by atoms with Crippen LogP contribution in [-0.4, -0.2) is 47.4 Å². The summed E-state index contributed by atoms with van der Waals surface area (Å²) >= 11 is 1.67. The zero-order chi connectivity index (χ0) is 18.8. The number of carbonyl (C=O) groups excluding carboxylic acids is 2. The molecule has 4 nitrogen and oxygen atoms in total. The molecule has 6 heteroatoms. The molecule has 1 saturated heterocycles. The second-order valence-corrected chi connectivity index (χ2v) is 8.71. The van der Waals surface area contributed by atoms with Gasteiger partial charge in [-0.05, 0) is 48.6 Å².